The summed E-state index contributed by atoms with van der Waals surface area (Å²) in [6.45, 7) is 3.64. The van der Waals surface area contributed by atoms with Crippen LogP contribution in [0.2, 0.25) is 0 Å². The van der Waals surface area contributed by atoms with Crippen LogP contribution in [0, 0.1) is 5.92 Å². The fraction of sp³-hybridized carbons (Fsp3) is 0.444. The maximum absolute atomic E-state index is 12.9. The van der Waals surface area contributed by atoms with Gasteiger partial charge in [-0.25, -0.2) is 9.59 Å². The highest BCUT2D eigenvalue weighted by atomic mass is 32.1. The summed E-state index contributed by atoms with van der Waals surface area (Å²) in [4.78, 5) is 24.9. The molecule has 2 atom stereocenters. The summed E-state index contributed by atoms with van der Waals surface area (Å²) in [5.41, 5.74) is 0.588. The lowest BCUT2D eigenvalue weighted by atomic mass is 10.0. The molecule has 1 N–H and O–H groups in total. The minimum absolute atomic E-state index is 0.163. The second-order valence-corrected chi connectivity index (χ2v) is 6.65. The molecular weight excluding hydrogens is 340 g/mol. The molecule has 0 aliphatic carbocycles. The number of imidazole rings is 1. The molecule has 0 aliphatic rings. The molecule has 0 radical (unpaired) electrons. The molecule has 0 saturated carbocycles. The van der Waals surface area contributed by atoms with Gasteiger partial charge in [-0.15, -0.1) is 0 Å². The van der Waals surface area contributed by atoms with E-state index in [1.165, 1.54) is 22.4 Å². The Bertz CT molecular complexity index is 767. The molecule has 0 fully saturated rings. The zero-order chi connectivity index (χ0) is 18.6. The minimum Gasteiger partial charge on any atom is -0.493 e. The molecule has 0 aliphatic heterocycles. The highest BCUT2D eigenvalue weighted by Gasteiger charge is 2.30. The zero-order valence-electron chi connectivity index (χ0n) is 14.6. The van der Waals surface area contributed by atoms with Crippen molar-refractivity contribution in [2.24, 2.45) is 5.92 Å². The van der Waals surface area contributed by atoms with Crippen molar-refractivity contribution in [3.05, 3.63) is 52.6 Å². The van der Waals surface area contributed by atoms with Crippen LogP contribution in [-0.2, 0) is 16.0 Å². The molecule has 2 rings (SSSR count). The first-order valence-electron chi connectivity index (χ1n) is 8.15. The molecule has 0 saturated heterocycles. The SMILES string of the molecule is COC(=O)C(C(C)C)n1cc(O)n(C(CS)Cc2ccccc2)c1=O. The van der Waals surface area contributed by atoms with E-state index in [9.17, 15) is 14.7 Å². The Kier molecular flexibility index (Phi) is 6.36. The Morgan fingerprint density at radius 2 is 1.92 bits per heavy atom. The second kappa shape index (κ2) is 8.29. The summed E-state index contributed by atoms with van der Waals surface area (Å²) < 4.78 is 7.34. The first-order chi connectivity index (χ1) is 11.9. The van der Waals surface area contributed by atoms with E-state index in [1.54, 1.807) is 0 Å². The number of carbonyl (C=O) groups excluding carboxylic acids is 1. The number of aromatic nitrogens is 2. The van der Waals surface area contributed by atoms with E-state index in [-0.39, 0.29) is 17.8 Å². The molecular formula is C18H24N2O4S. The van der Waals surface area contributed by atoms with E-state index in [4.69, 9.17) is 4.74 Å². The van der Waals surface area contributed by atoms with Gasteiger partial charge in [-0.05, 0) is 17.9 Å². The predicted octanol–water partition coefficient (Wildman–Crippen LogP) is 2.44. The van der Waals surface area contributed by atoms with Crippen molar-refractivity contribution in [3.63, 3.8) is 0 Å². The number of rotatable bonds is 7. The van der Waals surface area contributed by atoms with E-state index in [0.29, 0.717) is 12.2 Å². The number of hydrogen-bond donors (Lipinski definition) is 2. The Labute approximate surface area is 152 Å². The van der Waals surface area contributed by atoms with Gasteiger partial charge in [0, 0.05) is 5.75 Å². The average molecular weight is 364 g/mol. The van der Waals surface area contributed by atoms with Gasteiger partial charge in [0.25, 0.3) is 0 Å². The molecule has 2 unspecified atom stereocenters. The molecule has 0 spiro atoms. The van der Waals surface area contributed by atoms with E-state index in [0.717, 1.165) is 5.56 Å². The van der Waals surface area contributed by atoms with Crippen LogP contribution in [0.15, 0.2) is 41.3 Å². The molecule has 0 bridgehead atoms. The Balaban J connectivity index is 2.43. The molecule has 7 heteroatoms. The second-order valence-electron chi connectivity index (χ2n) is 6.29. The van der Waals surface area contributed by atoms with Gasteiger partial charge in [0.1, 0.15) is 6.04 Å². The van der Waals surface area contributed by atoms with Gasteiger partial charge in [-0.1, -0.05) is 44.2 Å². The number of ether oxygens (including phenoxy) is 1. The Morgan fingerprint density at radius 1 is 1.28 bits per heavy atom. The normalized spacial score (nSPS) is 13.6. The van der Waals surface area contributed by atoms with Gasteiger partial charge in [-0.3, -0.25) is 9.13 Å². The average Bonchev–Trinajstić information content (AvgIpc) is 2.88. The van der Waals surface area contributed by atoms with Crippen molar-refractivity contribution < 1.29 is 14.6 Å². The van der Waals surface area contributed by atoms with Gasteiger partial charge in [-0.2, -0.15) is 12.6 Å². The quantitative estimate of drug-likeness (QED) is 0.585. The molecule has 1 heterocycles. The molecule has 1 aromatic carbocycles. The highest BCUT2D eigenvalue weighted by molar-refractivity contribution is 7.80. The molecule has 1 aromatic heterocycles. The van der Waals surface area contributed by atoms with Gasteiger partial charge in [0.05, 0.1) is 19.3 Å². The lowest BCUT2D eigenvalue weighted by molar-refractivity contribution is -0.146. The van der Waals surface area contributed by atoms with E-state index < -0.39 is 17.7 Å². The standard InChI is InChI=1S/C18H24N2O4S/c1-12(2)16(17(22)24-3)19-10-15(21)20(18(19)23)14(11-25)9-13-7-5-4-6-8-13/h4-8,10,12,14,16,21,25H,9,11H2,1-3H3. The maximum atomic E-state index is 12.9. The number of thiol groups is 1. The van der Waals surface area contributed by atoms with E-state index in [2.05, 4.69) is 12.6 Å². The third-order valence-electron chi connectivity index (χ3n) is 4.19. The van der Waals surface area contributed by atoms with Crippen LogP contribution in [0.25, 0.3) is 0 Å². The van der Waals surface area contributed by atoms with Crippen LogP contribution < -0.4 is 5.69 Å². The van der Waals surface area contributed by atoms with Crippen molar-refractivity contribution in [2.75, 3.05) is 12.9 Å². The van der Waals surface area contributed by atoms with E-state index >= 15 is 0 Å². The number of hydrogen-bond acceptors (Lipinski definition) is 5. The van der Waals surface area contributed by atoms with Gasteiger partial charge >= 0.3 is 11.7 Å². The third kappa shape index (κ3) is 4.10. The van der Waals surface area contributed by atoms with Crippen LogP contribution in [0.3, 0.4) is 0 Å². The fourth-order valence-corrected chi connectivity index (χ4v) is 3.25. The van der Waals surface area contributed by atoms with Crippen LogP contribution in [0.4, 0.5) is 0 Å². The topological polar surface area (TPSA) is 73.5 Å². The Hall–Kier alpha value is -2.15. The van der Waals surface area contributed by atoms with Gasteiger partial charge in [0.15, 0.2) is 0 Å². The zero-order valence-corrected chi connectivity index (χ0v) is 15.5. The largest absolute Gasteiger partial charge is 0.493 e. The molecule has 0 amide bonds. The predicted molar refractivity (Wildman–Crippen MR) is 99.3 cm³/mol. The molecule has 2 aromatic rings. The fourth-order valence-electron chi connectivity index (χ4n) is 2.96. The first-order valence-corrected chi connectivity index (χ1v) is 8.78. The lowest BCUT2D eigenvalue weighted by Gasteiger charge is -2.19. The van der Waals surface area contributed by atoms with Gasteiger partial charge in [0.2, 0.25) is 5.88 Å². The van der Waals surface area contributed by atoms with Crippen LogP contribution in [0.5, 0.6) is 5.88 Å². The summed E-state index contributed by atoms with van der Waals surface area (Å²) in [7, 11) is 1.28. The van der Waals surface area contributed by atoms with Crippen molar-refractivity contribution in [2.45, 2.75) is 32.4 Å². The summed E-state index contributed by atoms with van der Waals surface area (Å²) in [5, 5.41) is 10.3. The van der Waals surface area contributed by atoms with Crippen molar-refractivity contribution in [1.82, 2.24) is 9.13 Å². The monoisotopic (exact) mass is 364 g/mol. The summed E-state index contributed by atoms with van der Waals surface area (Å²) in [6, 6.07) is 8.56. The number of benzene rings is 1. The number of carbonyl (C=O) groups is 1. The van der Waals surface area contributed by atoms with E-state index in [1.807, 2.05) is 44.2 Å². The smallest absolute Gasteiger partial charge is 0.332 e. The first kappa shape index (κ1) is 19.2. The van der Waals surface area contributed by atoms with Crippen LogP contribution in [-0.4, -0.2) is 33.1 Å². The lowest BCUT2D eigenvalue weighted by Crippen LogP contribution is -2.36. The molecule has 136 valence electrons. The van der Waals surface area contributed by atoms with Crippen LogP contribution in [0.1, 0.15) is 31.5 Å². The highest BCUT2D eigenvalue weighted by Crippen LogP contribution is 2.24. The van der Waals surface area contributed by atoms with Crippen LogP contribution >= 0.6 is 12.6 Å². The number of esters is 1. The molecule has 25 heavy (non-hydrogen) atoms. The molecule has 6 nitrogen and oxygen atoms in total. The number of methoxy groups -OCH3 is 1. The summed E-state index contributed by atoms with van der Waals surface area (Å²) in [6.07, 6.45) is 1.84. The number of aromatic hydroxyl groups is 1. The van der Waals surface area contributed by atoms with Crippen molar-refractivity contribution in [1.29, 1.82) is 0 Å². The summed E-state index contributed by atoms with van der Waals surface area (Å²) >= 11 is 4.34. The van der Waals surface area contributed by atoms with Crippen molar-refractivity contribution >= 4 is 18.6 Å². The Morgan fingerprint density at radius 3 is 2.44 bits per heavy atom. The summed E-state index contributed by atoms with van der Waals surface area (Å²) in [5.74, 6) is -0.491. The van der Waals surface area contributed by atoms with Gasteiger partial charge < -0.3 is 9.84 Å². The third-order valence-corrected chi connectivity index (χ3v) is 4.61. The van der Waals surface area contributed by atoms with Crippen molar-refractivity contribution in [3.8, 4) is 5.88 Å². The number of nitrogens with zero attached hydrogens (tertiary/aromatic N) is 2. The maximum Gasteiger partial charge on any atom is 0.332 e. The minimum atomic E-state index is -0.790.